The number of amides is 2. The van der Waals surface area contributed by atoms with Crippen molar-refractivity contribution in [1.29, 1.82) is 0 Å². The van der Waals surface area contributed by atoms with Crippen LogP contribution in [0, 0.1) is 5.92 Å². The number of carbonyl (C=O) groups excluding carboxylic acids is 1. The average Bonchev–Trinajstić information content (AvgIpc) is 3.07. The molecule has 0 bridgehead atoms. The van der Waals surface area contributed by atoms with Crippen LogP contribution >= 0.6 is 11.8 Å². The molecule has 1 aliphatic rings. The van der Waals surface area contributed by atoms with E-state index in [2.05, 4.69) is 17.6 Å². The summed E-state index contributed by atoms with van der Waals surface area (Å²) in [7, 11) is 0. The second-order valence-electron chi connectivity index (χ2n) is 10.7. The van der Waals surface area contributed by atoms with Crippen molar-refractivity contribution in [3.63, 3.8) is 0 Å². The van der Waals surface area contributed by atoms with Crippen molar-refractivity contribution >= 4 is 23.8 Å². The number of carboxylic acid groups (broad SMARTS) is 1. The van der Waals surface area contributed by atoms with Crippen molar-refractivity contribution in [2.24, 2.45) is 5.92 Å². The zero-order valence-corrected chi connectivity index (χ0v) is 25.2. The van der Waals surface area contributed by atoms with E-state index in [-0.39, 0.29) is 36.3 Å². The van der Waals surface area contributed by atoms with Crippen LogP contribution in [-0.2, 0) is 29.2 Å². The van der Waals surface area contributed by atoms with Crippen molar-refractivity contribution in [2.45, 2.75) is 50.0 Å². The van der Waals surface area contributed by atoms with E-state index >= 15 is 0 Å². The van der Waals surface area contributed by atoms with Gasteiger partial charge in [-0.1, -0.05) is 85.8 Å². The lowest BCUT2D eigenvalue weighted by molar-refractivity contribution is -0.268. The highest BCUT2D eigenvalue weighted by Gasteiger charge is 2.38. The molecule has 0 spiro atoms. The number of aromatic carboxylic acids is 1. The molecule has 4 atom stereocenters. The van der Waals surface area contributed by atoms with E-state index in [9.17, 15) is 19.8 Å². The van der Waals surface area contributed by atoms with E-state index in [1.807, 2.05) is 91.0 Å². The Morgan fingerprint density at radius 2 is 1.34 bits per heavy atom. The van der Waals surface area contributed by atoms with Crippen molar-refractivity contribution in [2.75, 3.05) is 5.75 Å². The number of thioether (sulfide) groups is 1. The Hall–Kier alpha value is -4.15. The molecule has 0 radical (unpaired) electrons. The Morgan fingerprint density at radius 3 is 1.95 bits per heavy atom. The summed E-state index contributed by atoms with van der Waals surface area (Å²) in [5, 5.41) is 24.5. The highest BCUT2D eigenvalue weighted by molar-refractivity contribution is 7.99. The molecule has 0 aromatic heterocycles. The first-order valence-electron chi connectivity index (χ1n) is 14.5. The molecule has 0 aliphatic carbocycles. The fraction of sp³-hybridized carbons (Fsp3) is 0.257. The van der Waals surface area contributed by atoms with Crippen LogP contribution in [0.1, 0.15) is 57.5 Å². The molecule has 8 nitrogen and oxygen atoms in total. The van der Waals surface area contributed by atoms with Gasteiger partial charge in [-0.15, -0.1) is 11.8 Å². The summed E-state index contributed by atoms with van der Waals surface area (Å²) in [5.41, 5.74) is 4.94. The number of rotatable bonds is 11. The van der Waals surface area contributed by atoms with E-state index < -0.39 is 12.3 Å². The van der Waals surface area contributed by atoms with Crippen LogP contribution in [0.3, 0.4) is 0 Å². The lowest BCUT2D eigenvalue weighted by Crippen LogP contribution is -2.38. The Kier molecular flexibility index (Phi) is 10.7. The van der Waals surface area contributed by atoms with E-state index in [4.69, 9.17) is 9.47 Å². The number of aliphatic hydroxyl groups excluding tert-OH is 1. The molecule has 1 saturated heterocycles. The molecule has 0 saturated carbocycles. The highest BCUT2D eigenvalue weighted by Crippen LogP contribution is 2.43. The highest BCUT2D eigenvalue weighted by atomic mass is 32.2. The SMILES string of the molecule is CC1C(CSc2ccc(C(=O)O)cc2)OC(c2ccc(CNC(=O)NCc3ccccc3)cc2)OC1c1ccc(CO)cc1. The summed E-state index contributed by atoms with van der Waals surface area (Å²) in [6.07, 6.45) is -1.00. The molecule has 4 N–H and O–H groups in total. The monoisotopic (exact) mass is 612 g/mol. The number of aliphatic hydroxyl groups is 1. The third-order valence-electron chi connectivity index (χ3n) is 7.64. The zero-order valence-electron chi connectivity index (χ0n) is 24.4. The van der Waals surface area contributed by atoms with Gasteiger partial charge in [0.2, 0.25) is 0 Å². The smallest absolute Gasteiger partial charge is 0.335 e. The van der Waals surface area contributed by atoms with Gasteiger partial charge < -0.3 is 30.3 Å². The summed E-state index contributed by atoms with van der Waals surface area (Å²) in [6.45, 7) is 2.92. The largest absolute Gasteiger partial charge is 0.478 e. The fourth-order valence-corrected chi connectivity index (χ4v) is 6.06. The lowest BCUT2D eigenvalue weighted by atomic mass is 9.91. The number of carboxylic acids is 1. The standard InChI is InChI=1S/C35H36N2O6S/c1-23-31(22-44-30-17-15-28(16-18-30)33(39)40)42-34(43-32(23)27-11-9-26(21-38)10-12-27)29-13-7-25(8-14-29)20-37-35(41)36-19-24-5-3-2-4-6-24/h2-18,23,31-32,34,38H,19-22H2,1H3,(H,39,40)(H2,36,37,41). The molecule has 228 valence electrons. The lowest BCUT2D eigenvalue weighted by Gasteiger charge is -2.41. The van der Waals surface area contributed by atoms with Crippen LogP contribution < -0.4 is 10.6 Å². The molecule has 4 aromatic rings. The summed E-state index contributed by atoms with van der Waals surface area (Å²) in [4.78, 5) is 24.5. The van der Waals surface area contributed by atoms with Crippen molar-refractivity contribution < 1.29 is 29.3 Å². The minimum absolute atomic E-state index is 0.0230. The minimum Gasteiger partial charge on any atom is -0.478 e. The number of benzene rings is 4. The van der Waals surface area contributed by atoms with Crippen LogP contribution in [0.2, 0.25) is 0 Å². The average molecular weight is 613 g/mol. The number of urea groups is 1. The fourth-order valence-electron chi connectivity index (χ4n) is 5.00. The Balaban J connectivity index is 1.25. The second kappa shape index (κ2) is 15.0. The van der Waals surface area contributed by atoms with Gasteiger partial charge >= 0.3 is 12.0 Å². The van der Waals surface area contributed by atoms with Gasteiger partial charge in [-0.3, -0.25) is 0 Å². The number of ether oxygens (including phenoxy) is 2. The normalized spacial score (nSPS) is 19.7. The number of hydrogen-bond donors (Lipinski definition) is 4. The molecule has 4 aromatic carbocycles. The van der Waals surface area contributed by atoms with Crippen LogP contribution in [-0.4, -0.2) is 34.1 Å². The maximum atomic E-state index is 12.3. The molecule has 44 heavy (non-hydrogen) atoms. The van der Waals surface area contributed by atoms with Gasteiger partial charge in [0, 0.05) is 35.2 Å². The number of carbonyl (C=O) groups is 2. The summed E-state index contributed by atoms with van der Waals surface area (Å²) in [5.74, 6) is -0.275. The third kappa shape index (κ3) is 8.27. The molecule has 1 aliphatic heterocycles. The summed E-state index contributed by atoms with van der Waals surface area (Å²) < 4.78 is 13.1. The van der Waals surface area contributed by atoms with Gasteiger partial charge in [0.1, 0.15) is 0 Å². The molecule has 1 heterocycles. The van der Waals surface area contributed by atoms with Crippen LogP contribution in [0.4, 0.5) is 4.79 Å². The van der Waals surface area contributed by atoms with Crippen molar-refractivity contribution in [1.82, 2.24) is 10.6 Å². The summed E-state index contributed by atoms with van der Waals surface area (Å²) in [6, 6.07) is 32.0. The first-order valence-corrected chi connectivity index (χ1v) is 15.5. The maximum absolute atomic E-state index is 12.3. The summed E-state index contributed by atoms with van der Waals surface area (Å²) >= 11 is 1.61. The van der Waals surface area contributed by atoms with Crippen molar-refractivity contribution in [3.8, 4) is 0 Å². The van der Waals surface area contributed by atoms with Gasteiger partial charge in [-0.2, -0.15) is 0 Å². The maximum Gasteiger partial charge on any atom is 0.335 e. The second-order valence-corrected chi connectivity index (χ2v) is 11.8. The van der Waals surface area contributed by atoms with E-state index in [1.165, 1.54) is 0 Å². The minimum atomic E-state index is -0.950. The molecular weight excluding hydrogens is 576 g/mol. The number of hydrogen-bond acceptors (Lipinski definition) is 6. The Morgan fingerprint density at radius 1 is 0.750 bits per heavy atom. The van der Waals surface area contributed by atoms with E-state index in [0.29, 0.717) is 18.8 Å². The third-order valence-corrected chi connectivity index (χ3v) is 8.74. The van der Waals surface area contributed by atoms with E-state index in [0.717, 1.165) is 32.7 Å². The van der Waals surface area contributed by atoms with Gasteiger partial charge in [-0.05, 0) is 46.5 Å². The first kappa shape index (κ1) is 31.3. The van der Waals surface area contributed by atoms with Gasteiger partial charge in [0.05, 0.1) is 24.4 Å². The first-order chi connectivity index (χ1) is 21.4. The molecule has 5 rings (SSSR count). The molecule has 4 unspecified atom stereocenters. The zero-order chi connectivity index (χ0) is 30.9. The Labute approximate surface area is 261 Å². The molecular formula is C35H36N2O6S. The molecule has 2 amide bonds. The number of nitrogens with one attached hydrogen (secondary N) is 2. The van der Waals surface area contributed by atoms with Crippen LogP contribution in [0.25, 0.3) is 0 Å². The van der Waals surface area contributed by atoms with E-state index in [1.54, 1.807) is 23.9 Å². The predicted octanol–water partition coefficient (Wildman–Crippen LogP) is 6.46. The van der Waals surface area contributed by atoms with Crippen LogP contribution in [0.5, 0.6) is 0 Å². The molecule has 1 fully saturated rings. The quantitative estimate of drug-likeness (QED) is 0.144. The Bertz CT molecular complexity index is 1510. The topological polar surface area (TPSA) is 117 Å². The van der Waals surface area contributed by atoms with Gasteiger partial charge in [0.25, 0.3) is 0 Å². The van der Waals surface area contributed by atoms with Gasteiger partial charge in [-0.25, -0.2) is 9.59 Å². The predicted molar refractivity (Wildman–Crippen MR) is 169 cm³/mol. The molecule has 9 heteroatoms. The van der Waals surface area contributed by atoms with Gasteiger partial charge in [0.15, 0.2) is 6.29 Å². The van der Waals surface area contributed by atoms with Crippen molar-refractivity contribution in [3.05, 3.63) is 137 Å². The van der Waals surface area contributed by atoms with Crippen LogP contribution in [0.15, 0.2) is 108 Å².